The molecule has 4 nitrogen and oxygen atoms in total. The van der Waals surface area contributed by atoms with E-state index in [2.05, 4.69) is 59.6 Å². The van der Waals surface area contributed by atoms with Crippen molar-refractivity contribution in [2.45, 2.75) is 12.5 Å². The van der Waals surface area contributed by atoms with Gasteiger partial charge in [0.1, 0.15) is 17.0 Å². The topological polar surface area (TPSA) is 38.0 Å². The van der Waals surface area contributed by atoms with Gasteiger partial charge in [0, 0.05) is 17.4 Å². The van der Waals surface area contributed by atoms with E-state index in [0.717, 1.165) is 45.9 Å². The highest BCUT2D eigenvalue weighted by atomic mass is 16.5. The summed E-state index contributed by atoms with van der Waals surface area (Å²) in [5.41, 5.74) is 3.97. The van der Waals surface area contributed by atoms with Crippen molar-refractivity contribution in [3.8, 4) is 5.75 Å². The van der Waals surface area contributed by atoms with E-state index < -0.39 is 0 Å². The second-order valence-electron chi connectivity index (χ2n) is 8.00. The zero-order valence-electron chi connectivity index (χ0n) is 17.7. The molecule has 0 fully saturated rings. The Kier molecular flexibility index (Phi) is 4.43. The summed E-state index contributed by atoms with van der Waals surface area (Å²) in [4.78, 5) is 0. The van der Waals surface area contributed by atoms with Gasteiger partial charge in [-0.2, -0.15) is 5.10 Å². The van der Waals surface area contributed by atoms with Gasteiger partial charge in [-0.25, -0.2) is 0 Å². The maximum Gasteiger partial charge on any atom is 0.151 e. The van der Waals surface area contributed by atoms with Gasteiger partial charge in [0.25, 0.3) is 0 Å². The summed E-state index contributed by atoms with van der Waals surface area (Å²) in [6.07, 6.45) is 0.729. The number of rotatable bonds is 4. The van der Waals surface area contributed by atoms with E-state index in [1.807, 2.05) is 42.5 Å². The quantitative estimate of drug-likeness (QED) is 0.317. The van der Waals surface area contributed by atoms with Crippen LogP contribution in [0.1, 0.15) is 23.8 Å². The number of para-hydroxylation sites is 2. The molecule has 0 radical (unpaired) electrons. The van der Waals surface area contributed by atoms with E-state index in [-0.39, 0.29) is 6.04 Å². The van der Waals surface area contributed by atoms with E-state index >= 15 is 0 Å². The predicted octanol–water partition coefficient (Wildman–Crippen LogP) is 6.95. The molecule has 32 heavy (non-hydrogen) atoms. The Balaban J connectivity index is 1.47. The smallest absolute Gasteiger partial charge is 0.151 e. The molecule has 1 aliphatic heterocycles. The fraction of sp³-hybridized carbons (Fsp3) is 0.107. The van der Waals surface area contributed by atoms with Gasteiger partial charge in [-0.05, 0) is 41.1 Å². The second kappa shape index (κ2) is 7.57. The summed E-state index contributed by atoms with van der Waals surface area (Å²) in [5, 5.41) is 10.6. The normalized spacial score (nSPS) is 16.0. The average molecular weight is 418 g/mol. The molecule has 5 aromatic rings. The van der Waals surface area contributed by atoms with Crippen molar-refractivity contribution in [2.24, 2.45) is 5.10 Å². The van der Waals surface area contributed by atoms with E-state index in [1.54, 1.807) is 7.11 Å². The number of benzene rings is 4. The standard InChI is InChI=1S/C28H22N2O2/c1-31-26-14-8-7-13-22(26)25-18-24(29-30(25)20-10-3-2-4-11-20)28-17-23-21-12-6-5-9-19(21)15-16-27(23)32-28/h2-17,25H,18H2,1H3. The van der Waals surface area contributed by atoms with Gasteiger partial charge in [0.15, 0.2) is 5.76 Å². The minimum atomic E-state index is 0.0218. The molecule has 0 aliphatic carbocycles. The molecule has 1 aliphatic rings. The number of furan rings is 1. The number of nitrogens with zero attached hydrogens (tertiary/aromatic N) is 2. The van der Waals surface area contributed by atoms with Crippen molar-refractivity contribution < 1.29 is 9.15 Å². The van der Waals surface area contributed by atoms with Crippen molar-refractivity contribution in [1.29, 1.82) is 0 Å². The van der Waals surface area contributed by atoms with Gasteiger partial charge in [-0.1, -0.05) is 66.7 Å². The van der Waals surface area contributed by atoms with Crippen molar-refractivity contribution >= 4 is 33.1 Å². The molecule has 4 heteroatoms. The lowest BCUT2D eigenvalue weighted by atomic mass is 9.99. The number of hydrogen-bond acceptors (Lipinski definition) is 4. The number of ether oxygens (including phenoxy) is 1. The van der Waals surface area contributed by atoms with Crippen molar-refractivity contribution in [2.75, 3.05) is 12.1 Å². The lowest BCUT2D eigenvalue weighted by Crippen LogP contribution is -2.19. The molecule has 0 amide bonds. The first-order valence-corrected chi connectivity index (χ1v) is 10.8. The third-order valence-electron chi connectivity index (χ3n) is 6.14. The van der Waals surface area contributed by atoms with Crippen LogP contribution in [0, 0.1) is 0 Å². The molecule has 156 valence electrons. The van der Waals surface area contributed by atoms with Gasteiger partial charge in [-0.15, -0.1) is 0 Å². The molecule has 1 aromatic heterocycles. The Hall–Kier alpha value is -4.05. The maximum atomic E-state index is 6.30. The summed E-state index contributed by atoms with van der Waals surface area (Å²) >= 11 is 0. The first kappa shape index (κ1) is 18.7. The zero-order chi connectivity index (χ0) is 21.5. The summed E-state index contributed by atoms with van der Waals surface area (Å²) in [6, 6.07) is 33.1. The minimum absolute atomic E-state index is 0.0218. The fourth-order valence-corrected chi connectivity index (χ4v) is 4.60. The van der Waals surface area contributed by atoms with Crippen LogP contribution >= 0.6 is 0 Å². The van der Waals surface area contributed by atoms with Gasteiger partial charge in [0.05, 0.1) is 18.8 Å². The van der Waals surface area contributed by atoms with Crippen molar-refractivity contribution in [3.63, 3.8) is 0 Å². The first-order valence-electron chi connectivity index (χ1n) is 10.8. The first-order chi connectivity index (χ1) is 15.8. The third kappa shape index (κ3) is 3.04. The maximum absolute atomic E-state index is 6.30. The monoisotopic (exact) mass is 418 g/mol. The molecule has 0 spiro atoms. The predicted molar refractivity (Wildman–Crippen MR) is 130 cm³/mol. The number of fused-ring (bicyclic) bond motifs is 3. The zero-order valence-corrected chi connectivity index (χ0v) is 17.7. The molecule has 2 heterocycles. The van der Waals surface area contributed by atoms with E-state index in [9.17, 15) is 0 Å². The van der Waals surface area contributed by atoms with Crippen LogP contribution in [-0.4, -0.2) is 12.8 Å². The third-order valence-corrected chi connectivity index (χ3v) is 6.14. The fourth-order valence-electron chi connectivity index (χ4n) is 4.60. The lowest BCUT2D eigenvalue weighted by Gasteiger charge is -2.25. The van der Waals surface area contributed by atoms with Crippen LogP contribution in [0.25, 0.3) is 21.7 Å². The molecule has 6 rings (SSSR count). The van der Waals surface area contributed by atoms with Crippen LogP contribution < -0.4 is 9.75 Å². The summed E-state index contributed by atoms with van der Waals surface area (Å²) in [7, 11) is 1.72. The van der Waals surface area contributed by atoms with Gasteiger partial charge < -0.3 is 9.15 Å². The largest absolute Gasteiger partial charge is 0.496 e. The molecule has 0 N–H and O–H groups in total. The van der Waals surface area contributed by atoms with Crippen molar-refractivity contribution in [3.05, 3.63) is 108 Å². The van der Waals surface area contributed by atoms with E-state index in [1.165, 1.54) is 10.8 Å². The molecule has 0 saturated heterocycles. The van der Waals surface area contributed by atoms with Crippen LogP contribution in [0.4, 0.5) is 5.69 Å². The molecule has 4 aromatic carbocycles. The number of methoxy groups -OCH3 is 1. The Bertz CT molecular complexity index is 1450. The van der Waals surface area contributed by atoms with Crippen LogP contribution in [-0.2, 0) is 0 Å². The Morgan fingerprint density at radius 3 is 2.50 bits per heavy atom. The van der Waals surface area contributed by atoms with Gasteiger partial charge >= 0.3 is 0 Å². The lowest BCUT2D eigenvalue weighted by molar-refractivity contribution is 0.405. The second-order valence-corrected chi connectivity index (χ2v) is 8.00. The molecule has 0 saturated carbocycles. The Morgan fingerprint density at radius 2 is 1.62 bits per heavy atom. The van der Waals surface area contributed by atoms with Crippen molar-refractivity contribution in [1.82, 2.24) is 0 Å². The van der Waals surface area contributed by atoms with Crippen LogP contribution in [0.3, 0.4) is 0 Å². The summed E-state index contributed by atoms with van der Waals surface area (Å²) in [6.45, 7) is 0. The summed E-state index contributed by atoms with van der Waals surface area (Å²) < 4.78 is 12.0. The minimum Gasteiger partial charge on any atom is -0.496 e. The van der Waals surface area contributed by atoms with Crippen LogP contribution in [0.2, 0.25) is 0 Å². The Morgan fingerprint density at radius 1 is 0.844 bits per heavy atom. The number of anilines is 1. The highest BCUT2D eigenvalue weighted by Crippen LogP contribution is 2.41. The highest BCUT2D eigenvalue weighted by molar-refractivity contribution is 6.10. The van der Waals surface area contributed by atoms with Gasteiger partial charge in [0.2, 0.25) is 0 Å². The van der Waals surface area contributed by atoms with Crippen LogP contribution in [0.15, 0.2) is 107 Å². The van der Waals surface area contributed by atoms with Gasteiger partial charge in [-0.3, -0.25) is 5.01 Å². The SMILES string of the molecule is COc1ccccc1C1CC(c2cc3c(ccc4ccccc43)o2)=NN1c1ccccc1. The van der Waals surface area contributed by atoms with E-state index in [4.69, 9.17) is 14.3 Å². The Labute approximate surface area is 186 Å². The van der Waals surface area contributed by atoms with E-state index in [0.29, 0.717) is 0 Å². The average Bonchev–Trinajstić information content (AvgIpc) is 3.49. The molecule has 1 atom stereocenters. The molecule has 0 bridgehead atoms. The molecular formula is C28H22N2O2. The number of hydrazone groups is 1. The van der Waals surface area contributed by atoms with Crippen LogP contribution in [0.5, 0.6) is 5.75 Å². The highest BCUT2D eigenvalue weighted by Gasteiger charge is 2.33. The summed E-state index contributed by atoms with van der Waals surface area (Å²) in [5.74, 6) is 1.68. The molecule has 1 unspecified atom stereocenters. The molecular weight excluding hydrogens is 396 g/mol. The number of hydrogen-bond donors (Lipinski definition) is 0.